The number of anilines is 2. The Bertz CT molecular complexity index is 600. The van der Waals surface area contributed by atoms with Crippen LogP contribution >= 0.6 is 0 Å². The Kier molecular flexibility index (Phi) is 4.63. The molecule has 3 heteroatoms. The fraction of sp³-hybridized carbons (Fsp3) is 0.278. The van der Waals surface area contributed by atoms with Crippen LogP contribution in [0.1, 0.15) is 26.3 Å². The van der Waals surface area contributed by atoms with Gasteiger partial charge in [-0.05, 0) is 29.2 Å². The van der Waals surface area contributed by atoms with Crippen LogP contribution in [0.3, 0.4) is 0 Å². The van der Waals surface area contributed by atoms with Gasteiger partial charge < -0.3 is 10.6 Å². The number of hydrogen-bond donors (Lipinski definition) is 2. The first kappa shape index (κ1) is 15.1. The molecule has 0 aliphatic rings. The minimum absolute atomic E-state index is 0.0412. The lowest BCUT2D eigenvalue weighted by atomic mass is 9.86. The van der Waals surface area contributed by atoms with Crippen molar-refractivity contribution >= 4 is 17.3 Å². The zero-order valence-electron chi connectivity index (χ0n) is 12.8. The Labute approximate surface area is 126 Å². The van der Waals surface area contributed by atoms with Gasteiger partial charge in [-0.25, -0.2) is 0 Å². The third-order valence-electron chi connectivity index (χ3n) is 3.23. The van der Waals surface area contributed by atoms with E-state index in [1.54, 1.807) is 0 Å². The Morgan fingerprint density at radius 3 is 2.24 bits per heavy atom. The summed E-state index contributed by atoms with van der Waals surface area (Å²) in [5.41, 5.74) is 3.07. The van der Waals surface area contributed by atoms with Crippen LogP contribution in [0.15, 0.2) is 54.6 Å². The van der Waals surface area contributed by atoms with Crippen LogP contribution < -0.4 is 10.6 Å². The molecular weight excluding hydrogens is 260 g/mol. The van der Waals surface area contributed by atoms with Crippen molar-refractivity contribution in [2.45, 2.75) is 26.2 Å². The van der Waals surface area contributed by atoms with Gasteiger partial charge in [-0.3, -0.25) is 4.79 Å². The summed E-state index contributed by atoms with van der Waals surface area (Å²) in [5, 5.41) is 6.10. The molecule has 3 nitrogen and oxygen atoms in total. The molecule has 0 aliphatic heterocycles. The zero-order chi connectivity index (χ0) is 15.3. The van der Waals surface area contributed by atoms with Crippen LogP contribution in [0, 0.1) is 0 Å². The summed E-state index contributed by atoms with van der Waals surface area (Å²) in [6, 6.07) is 17.6. The minimum atomic E-state index is -0.0510. The van der Waals surface area contributed by atoms with Crippen LogP contribution in [-0.4, -0.2) is 12.5 Å². The molecule has 0 saturated heterocycles. The van der Waals surface area contributed by atoms with Crippen LogP contribution in [0.2, 0.25) is 0 Å². The van der Waals surface area contributed by atoms with E-state index in [4.69, 9.17) is 0 Å². The van der Waals surface area contributed by atoms with Gasteiger partial charge in [-0.1, -0.05) is 57.2 Å². The zero-order valence-corrected chi connectivity index (χ0v) is 12.8. The van der Waals surface area contributed by atoms with Gasteiger partial charge in [0.05, 0.1) is 6.54 Å². The molecule has 0 unspecified atom stereocenters. The summed E-state index contributed by atoms with van der Waals surface area (Å²) in [6.45, 7) is 6.74. The molecule has 0 radical (unpaired) electrons. The largest absolute Gasteiger partial charge is 0.376 e. The molecule has 2 aromatic carbocycles. The summed E-state index contributed by atoms with van der Waals surface area (Å²) in [5.74, 6) is -0.0510. The van der Waals surface area contributed by atoms with Gasteiger partial charge in [0.25, 0.3) is 0 Å². The summed E-state index contributed by atoms with van der Waals surface area (Å²) >= 11 is 0. The number of benzene rings is 2. The van der Waals surface area contributed by atoms with E-state index in [1.165, 1.54) is 5.56 Å². The predicted molar refractivity (Wildman–Crippen MR) is 88.7 cm³/mol. The standard InChI is InChI=1S/C18H22N2O/c1-18(2,3)15-11-7-8-12-16(15)19-13-17(21)20-14-9-5-4-6-10-14/h4-12,19H,13H2,1-3H3,(H,20,21). The maximum Gasteiger partial charge on any atom is 0.243 e. The van der Waals surface area contributed by atoms with E-state index in [0.29, 0.717) is 0 Å². The Morgan fingerprint density at radius 2 is 1.57 bits per heavy atom. The topological polar surface area (TPSA) is 41.1 Å². The van der Waals surface area contributed by atoms with E-state index in [1.807, 2.05) is 48.5 Å². The second-order valence-corrected chi connectivity index (χ2v) is 6.06. The first-order valence-corrected chi connectivity index (χ1v) is 7.15. The molecule has 110 valence electrons. The molecule has 2 N–H and O–H groups in total. The fourth-order valence-electron chi connectivity index (χ4n) is 2.19. The predicted octanol–water partition coefficient (Wildman–Crippen LogP) is 4.03. The molecule has 21 heavy (non-hydrogen) atoms. The number of carbonyl (C=O) groups is 1. The number of para-hydroxylation sites is 2. The highest BCUT2D eigenvalue weighted by atomic mass is 16.1. The average Bonchev–Trinajstić information content (AvgIpc) is 2.45. The summed E-state index contributed by atoms with van der Waals surface area (Å²) in [6.07, 6.45) is 0. The Hall–Kier alpha value is -2.29. The van der Waals surface area contributed by atoms with Crippen molar-refractivity contribution in [3.8, 4) is 0 Å². The molecule has 2 rings (SSSR count). The van der Waals surface area contributed by atoms with E-state index in [9.17, 15) is 4.79 Å². The Balaban J connectivity index is 1.99. The van der Waals surface area contributed by atoms with E-state index in [0.717, 1.165) is 11.4 Å². The van der Waals surface area contributed by atoms with E-state index in [2.05, 4.69) is 37.5 Å². The van der Waals surface area contributed by atoms with Gasteiger partial charge in [-0.2, -0.15) is 0 Å². The average molecular weight is 282 g/mol. The molecule has 0 atom stereocenters. The van der Waals surface area contributed by atoms with Gasteiger partial charge in [-0.15, -0.1) is 0 Å². The van der Waals surface area contributed by atoms with Crippen LogP contribution in [0.5, 0.6) is 0 Å². The second-order valence-electron chi connectivity index (χ2n) is 6.06. The highest BCUT2D eigenvalue weighted by Crippen LogP contribution is 2.28. The maximum absolute atomic E-state index is 12.0. The van der Waals surface area contributed by atoms with E-state index < -0.39 is 0 Å². The van der Waals surface area contributed by atoms with Crippen molar-refractivity contribution in [3.63, 3.8) is 0 Å². The second kappa shape index (κ2) is 6.44. The first-order chi connectivity index (χ1) is 9.97. The molecule has 1 amide bonds. The van der Waals surface area contributed by atoms with Crippen molar-refractivity contribution in [2.24, 2.45) is 0 Å². The van der Waals surface area contributed by atoms with Crippen molar-refractivity contribution in [1.29, 1.82) is 0 Å². The summed E-state index contributed by atoms with van der Waals surface area (Å²) in [7, 11) is 0. The number of rotatable bonds is 4. The number of hydrogen-bond acceptors (Lipinski definition) is 2. The normalized spacial score (nSPS) is 11.0. The summed E-state index contributed by atoms with van der Waals surface area (Å²) < 4.78 is 0. The maximum atomic E-state index is 12.0. The van der Waals surface area contributed by atoms with E-state index in [-0.39, 0.29) is 17.9 Å². The fourth-order valence-corrected chi connectivity index (χ4v) is 2.19. The van der Waals surface area contributed by atoms with Crippen LogP contribution in [0.25, 0.3) is 0 Å². The molecule has 0 aliphatic carbocycles. The van der Waals surface area contributed by atoms with Gasteiger partial charge in [0.15, 0.2) is 0 Å². The molecule has 0 heterocycles. The first-order valence-electron chi connectivity index (χ1n) is 7.15. The van der Waals surface area contributed by atoms with Gasteiger partial charge in [0.2, 0.25) is 5.91 Å². The van der Waals surface area contributed by atoms with Crippen molar-refractivity contribution in [3.05, 3.63) is 60.2 Å². The lowest BCUT2D eigenvalue weighted by Crippen LogP contribution is -2.23. The molecule has 0 saturated carbocycles. The van der Waals surface area contributed by atoms with Gasteiger partial charge >= 0.3 is 0 Å². The van der Waals surface area contributed by atoms with Crippen molar-refractivity contribution < 1.29 is 4.79 Å². The summed E-state index contributed by atoms with van der Waals surface area (Å²) in [4.78, 5) is 12.0. The lowest BCUT2D eigenvalue weighted by Gasteiger charge is -2.23. The molecule has 0 fully saturated rings. The van der Waals surface area contributed by atoms with Crippen LogP contribution in [0.4, 0.5) is 11.4 Å². The highest BCUT2D eigenvalue weighted by molar-refractivity contribution is 5.93. The highest BCUT2D eigenvalue weighted by Gasteiger charge is 2.17. The smallest absolute Gasteiger partial charge is 0.243 e. The monoisotopic (exact) mass is 282 g/mol. The SMILES string of the molecule is CC(C)(C)c1ccccc1NCC(=O)Nc1ccccc1. The third-order valence-corrected chi connectivity index (χ3v) is 3.23. The van der Waals surface area contributed by atoms with Crippen molar-refractivity contribution in [1.82, 2.24) is 0 Å². The molecule has 0 spiro atoms. The molecule has 0 aromatic heterocycles. The number of carbonyl (C=O) groups excluding carboxylic acids is 1. The molecule has 0 bridgehead atoms. The third kappa shape index (κ3) is 4.35. The quantitative estimate of drug-likeness (QED) is 0.888. The van der Waals surface area contributed by atoms with Gasteiger partial charge in [0, 0.05) is 11.4 Å². The van der Waals surface area contributed by atoms with E-state index >= 15 is 0 Å². The van der Waals surface area contributed by atoms with Gasteiger partial charge in [0.1, 0.15) is 0 Å². The molecule has 2 aromatic rings. The van der Waals surface area contributed by atoms with Crippen LogP contribution in [-0.2, 0) is 10.2 Å². The minimum Gasteiger partial charge on any atom is -0.376 e. The van der Waals surface area contributed by atoms with Crippen molar-refractivity contribution in [2.75, 3.05) is 17.2 Å². The number of amides is 1. The number of nitrogens with one attached hydrogen (secondary N) is 2. The molecular formula is C18H22N2O. The Morgan fingerprint density at radius 1 is 0.952 bits per heavy atom. The lowest BCUT2D eigenvalue weighted by molar-refractivity contribution is -0.114.